The van der Waals surface area contributed by atoms with Crippen molar-refractivity contribution in [2.45, 2.75) is 40.1 Å². The lowest BCUT2D eigenvalue weighted by Crippen LogP contribution is -2.41. The van der Waals surface area contributed by atoms with Gasteiger partial charge in [0.2, 0.25) is 0 Å². The first kappa shape index (κ1) is 45.3. The Morgan fingerprint density at radius 1 is 0.396 bits per heavy atom. The third-order valence-electron chi connectivity index (χ3n) is 5.52. The molecule has 0 heterocycles. The third kappa shape index (κ3) is 29.4. The van der Waals surface area contributed by atoms with Gasteiger partial charge in [-0.3, -0.25) is 0 Å². The normalized spacial score (nSPS) is 13.0. The van der Waals surface area contributed by atoms with Crippen LogP contribution in [0.4, 0.5) is 0 Å². The van der Waals surface area contributed by atoms with Gasteiger partial charge in [0.1, 0.15) is 19.8 Å². The van der Waals surface area contributed by atoms with Gasteiger partial charge in [0, 0.05) is 24.6 Å². The predicted molar refractivity (Wildman–Crippen MR) is 173 cm³/mol. The summed E-state index contributed by atoms with van der Waals surface area (Å²) in [7, 11) is 0. The number of carbonyl (C=O) groups is 3. The Labute approximate surface area is 284 Å². The summed E-state index contributed by atoms with van der Waals surface area (Å²) in [6.45, 7) is 11.7. The van der Waals surface area contributed by atoms with Gasteiger partial charge in [0.15, 0.2) is 0 Å². The molecule has 0 radical (unpaired) electrons. The minimum absolute atomic E-state index is 0.163. The standard InChI is InChI=1S/C33H56O15/c1-5-9-30(34)43-24-18-37-12-15-40-21-27-46-33(8-4,47-28-22-41-16-13-38-19-25-44-31(35)10-6-2)48-29-23-42-17-14-39-20-26-45-32(36)11-7-3/h5-7,9-11H,8,12-29H2,1-4H3. The Hall–Kier alpha value is -2.73. The Morgan fingerprint density at radius 3 is 0.854 bits per heavy atom. The van der Waals surface area contributed by atoms with Crippen LogP contribution in [0.25, 0.3) is 0 Å². The lowest BCUT2D eigenvalue weighted by atomic mass is 10.4. The summed E-state index contributed by atoms with van der Waals surface area (Å²) in [5.41, 5.74) is 0. The van der Waals surface area contributed by atoms with E-state index in [2.05, 4.69) is 0 Å². The average Bonchev–Trinajstić information content (AvgIpc) is 3.07. The van der Waals surface area contributed by atoms with Crippen LogP contribution in [0.2, 0.25) is 0 Å². The van der Waals surface area contributed by atoms with Crippen molar-refractivity contribution in [1.82, 2.24) is 0 Å². The Kier molecular flexibility index (Phi) is 32.2. The fourth-order valence-electron chi connectivity index (χ4n) is 3.32. The maximum atomic E-state index is 11.3. The van der Waals surface area contributed by atoms with Crippen LogP contribution >= 0.6 is 0 Å². The maximum absolute atomic E-state index is 11.3. The van der Waals surface area contributed by atoms with Crippen LogP contribution in [0.15, 0.2) is 36.5 Å². The summed E-state index contributed by atoms with van der Waals surface area (Å²) in [5, 5.41) is 0. The van der Waals surface area contributed by atoms with Gasteiger partial charge in [0.05, 0.1) is 99.1 Å². The smallest absolute Gasteiger partial charge is 0.330 e. The van der Waals surface area contributed by atoms with Crippen LogP contribution in [0.5, 0.6) is 0 Å². The van der Waals surface area contributed by atoms with Crippen molar-refractivity contribution in [2.24, 2.45) is 0 Å². The Balaban J connectivity index is 4.37. The average molecular weight is 693 g/mol. The molecule has 0 fully saturated rings. The molecule has 0 aromatic heterocycles. The zero-order valence-electron chi connectivity index (χ0n) is 29.0. The molecule has 48 heavy (non-hydrogen) atoms. The Bertz CT molecular complexity index is 768. The van der Waals surface area contributed by atoms with Gasteiger partial charge < -0.3 is 56.8 Å². The second-order valence-electron chi connectivity index (χ2n) is 9.26. The van der Waals surface area contributed by atoms with E-state index in [-0.39, 0.29) is 79.3 Å². The van der Waals surface area contributed by atoms with Crippen molar-refractivity contribution in [3.63, 3.8) is 0 Å². The zero-order valence-corrected chi connectivity index (χ0v) is 29.0. The molecule has 0 aromatic rings. The van der Waals surface area contributed by atoms with E-state index in [1.807, 2.05) is 6.92 Å². The molecule has 0 saturated heterocycles. The number of ether oxygens (including phenoxy) is 12. The van der Waals surface area contributed by atoms with E-state index in [0.29, 0.717) is 46.1 Å². The lowest BCUT2D eigenvalue weighted by molar-refractivity contribution is -0.386. The molecular weight excluding hydrogens is 636 g/mol. The number of hydrogen-bond donors (Lipinski definition) is 0. The quantitative estimate of drug-likeness (QED) is 0.0318. The summed E-state index contributed by atoms with van der Waals surface area (Å²) in [5.74, 6) is -2.57. The Morgan fingerprint density at radius 2 is 0.625 bits per heavy atom. The topological polar surface area (TPSA) is 162 Å². The number of hydrogen-bond acceptors (Lipinski definition) is 15. The fourth-order valence-corrected chi connectivity index (χ4v) is 3.32. The van der Waals surface area contributed by atoms with Crippen molar-refractivity contribution in [2.75, 3.05) is 119 Å². The highest BCUT2D eigenvalue weighted by Crippen LogP contribution is 2.20. The molecule has 0 saturated carbocycles. The van der Waals surface area contributed by atoms with Crippen LogP contribution in [-0.4, -0.2) is 143 Å². The molecule has 0 atom stereocenters. The summed E-state index contributed by atoms with van der Waals surface area (Å²) in [6.07, 6.45) is 9.22. The summed E-state index contributed by atoms with van der Waals surface area (Å²) in [6, 6.07) is 0. The van der Waals surface area contributed by atoms with E-state index in [9.17, 15) is 14.4 Å². The highest BCUT2D eigenvalue weighted by Gasteiger charge is 2.31. The molecule has 278 valence electrons. The monoisotopic (exact) mass is 692 g/mol. The summed E-state index contributed by atoms with van der Waals surface area (Å²) < 4.78 is 65.6. The molecule has 0 amide bonds. The number of rotatable bonds is 34. The molecule has 0 N–H and O–H groups in total. The van der Waals surface area contributed by atoms with E-state index < -0.39 is 23.9 Å². The number of allylic oxidation sites excluding steroid dienone is 3. The second-order valence-corrected chi connectivity index (χ2v) is 9.26. The summed E-state index contributed by atoms with van der Waals surface area (Å²) in [4.78, 5) is 33.8. The van der Waals surface area contributed by atoms with Gasteiger partial charge in [-0.1, -0.05) is 25.2 Å². The molecule has 0 bridgehead atoms. The lowest BCUT2D eigenvalue weighted by Gasteiger charge is -2.32. The molecule has 0 spiro atoms. The van der Waals surface area contributed by atoms with Gasteiger partial charge in [-0.25, -0.2) is 14.4 Å². The molecule has 0 aliphatic carbocycles. The van der Waals surface area contributed by atoms with Crippen molar-refractivity contribution in [1.29, 1.82) is 0 Å². The first-order valence-corrected chi connectivity index (χ1v) is 16.2. The van der Waals surface area contributed by atoms with Crippen molar-refractivity contribution in [3.8, 4) is 0 Å². The van der Waals surface area contributed by atoms with Gasteiger partial charge in [0.25, 0.3) is 5.97 Å². The maximum Gasteiger partial charge on any atom is 0.330 e. The fraction of sp³-hybridized carbons (Fsp3) is 0.727. The molecule has 0 aliphatic rings. The van der Waals surface area contributed by atoms with Gasteiger partial charge in [-0.05, 0) is 20.8 Å². The first-order chi connectivity index (χ1) is 23.4. The molecule has 0 aliphatic heterocycles. The van der Waals surface area contributed by atoms with Crippen LogP contribution in [0, 0.1) is 0 Å². The van der Waals surface area contributed by atoms with E-state index in [1.165, 1.54) is 18.2 Å². The van der Waals surface area contributed by atoms with E-state index in [4.69, 9.17) is 56.8 Å². The minimum Gasteiger partial charge on any atom is -0.460 e. The van der Waals surface area contributed by atoms with Crippen molar-refractivity contribution >= 4 is 17.9 Å². The molecular formula is C33H56O15. The molecule has 0 aromatic carbocycles. The van der Waals surface area contributed by atoms with Gasteiger partial charge in [-0.2, -0.15) is 0 Å². The number of esters is 3. The highest BCUT2D eigenvalue weighted by molar-refractivity contribution is 5.82. The second kappa shape index (κ2) is 34.1. The van der Waals surface area contributed by atoms with Crippen LogP contribution < -0.4 is 0 Å². The SMILES string of the molecule is CC=CC(=O)OCCOCCOCCOC(CC)(OCCOCCOCCOC(=O)C=CC)OCCOCCOCCOC(=O)C=CC. The van der Waals surface area contributed by atoms with Crippen LogP contribution in [0.1, 0.15) is 34.1 Å². The molecule has 0 rings (SSSR count). The van der Waals surface area contributed by atoms with Crippen molar-refractivity contribution in [3.05, 3.63) is 36.5 Å². The predicted octanol–water partition coefficient (Wildman–Crippen LogP) is 2.56. The van der Waals surface area contributed by atoms with E-state index in [1.54, 1.807) is 39.0 Å². The zero-order chi connectivity index (χ0) is 35.4. The molecule has 15 nitrogen and oxygen atoms in total. The molecule has 15 heteroatoms. The van der Waals surface area contributed by atoms with E-state index >= 15 is 0 Å². The first-order valence-electron chi connectivity index (χ1n) is 16.2. The largest absolute Gasteiger partial charge is 0.460 e. The van der Waals surface area contributed by atoms with E-state index in [0.717, 1.165) is 0 Å². The van der Waals surface area contributed by atoms with Gasteiger partial charge >= 0.3 is 17.9 Å². The molecule has 0 unspecified atom stereocenters. The van der Waals surface area contributed by atoms with Crippen LogP contribution in [-0.2, 0) is 71.2 Å². The highest BCUT2D eigenvalue weighted by atomic mass is 16.9. The van der Waals surface area contributed by atoms with Crippen LogP contribution in [0.3, 0.4) is 0 Å². The van der Waals surface area contributed by atoms with Gasteiger partial charge in [-0.15, -0.1) is 0 Å². The third-order valence-corrected chi connectivity index (χ3v) is 5.52. The number of carbonyl (C=O) groups excluding carboxylic acids is 3. The minimum atomic E-state index is -1.34. The van der Waals surface area contributed by atoms with Crippen molar-refractivity contribution < 1.29 is 71.2 Å². The summed E-state index contributed by atoms with van der Waals surface area (Å²) >= 11 is 0.